The second-order valence-electron chi connectivity index (χ2n) is 9.80. The SMILES string of the molecule is O=C(C1CC1)N1CCC[C@H](c2cc3nc4c(c(=O)n3[nH]2)CN(C2CCCC2)CC4)C1. The van der Waals surface area contributed by atoms with E-state index in [-0.39, 0.29) is 17.4 Å². The monoisotopic (exact) mass is 409 g/mol. The summed E-state index contributed by atoms with van der Waals surface area (Å²) in [5.74, 6) is 0.855. The summed E-state index contributed by atoms with van der Waals surface area (Å²) in [6.45, 7) is 3.37. The molecule has 2 aromatic rings. The molecule has 1 N–H and O–H groups in total. The van der Waals surface area contributed by atoms with Crippen LogP contribution in [0.5, 0.6) is 0 Å². The lowest BCUT2D eigenvalue weighted by molar-refractivity contribution is -0.133. The van der Waals surface area contributed by atoms with Crippen molar-refractivity contribution in [3.05, 3.63) is 33.4 Å². The van der Waals surface area contributed by atoms with Gasteiger partial charge in [0.15, 0.2) is 5.65 Å². The molecule has 7 heteroatoms. The molecular weight excluding hydrogens is 378 g/mol. The van der Waals surface area contributed by atoms with Crippen molar-refractivity contribution in [3.8, 4) is 0 Å². The van der Waals surface area contributed by atoms with Gasteiger partial charge in [0.1, 0.15) is 0 Å². The van der Waals surface area contributed by atoms with Crippen LogP contribution < -0.4 is 5.56 Å². The van der Waals surface area contributed by atoms with E-state index >= 15 is 0 Å². The van der Waals surface area contributed by atoms with E-state index in [0.717, 1.165) is 80.9 Å². The van der Waals surface area contributed by atoms with Crippen molar-refractivity contribution < 1.29 is 4.79 Å². The number of carbonyl (C=O) groups is 1. The molecule has 0 bridgehead atoms. The fourth-order valence-electron chi connectivity index (χ4n) is 5.83. The lowest BCUT2D eigenvalue weighted by Gasteiger charge is -2.32. The van der Waals surface area contributed by atoms with Crippen LogP contribution in [0, 0.1) is 5.92 Å². The number of rotatable bonds is 3. The van der Waals surface area contributed by atoms with Crippen LogP contribution in [-0.2, 0) is 17.8 Å². The number of aromatic nitrogens is 3. The van der Waals surface area contributed by atoms with Crippen LogP contribution in [-0.4, -0.2) is 56.0 Å². The van der Waals surface area contributed by atoms with Gasteiger partial charge in [0.05, 0.1) is 11.3 Å². The third kappa shape index (κ3) is 3.18. The number of H-pyrrole nitrogens is 1. The van der Waals surface area contributed by atoms with Crippen LogP contribution >= 0.6 is 0 Å². The number of likely N-dealkylation sites (tertiary alicyclic amines) is 1. The van der Waals surface area contributed by atoms with Crippen LogP contribution in [0.4, 0.5) is 0 Å². The third-order valence-electron chi connectivity index (χ3n) is 7.75. The Bertz CT molecular complexity index is 1030. The average Bonchev–Trinajstić information content (AvgIpc) is 3.30. The summed E-state index contributed by atoms with van der Waals surface area (Å²) in [4.78, 5) is 35.2. The van der Waals surface area contributed by atoms with E-state index in [1.807, 2.05) is 11.0 Å². The highest BCUT2D eigenvalue weighted by Crippen LogP contribution is 2.34. The average molecular weight is 410 g/mol. The van der Waals surface area contributed by atoms with Gasteiger partial charge in [-0.1, -0.05) is 12.8 Å². The third-order valence-corrected chi connectivity index (χ3v) is 7.75. The summed E-state index contributed by atoms with van der Waals surface area (Å²) in [5.41, 5.74) is 3.68. The Morgan fingerprint density at radius 1 is 1.07 bits per heavy atom. The smallest absolute Gasteiger partial charge is 0.277 e. The van der Waals surface area contributed by atoms with Crippen molar-refractivity contribution in [2.75, 3.05) is 19.6 Å². The molecule has 1 atom stereocenters. The molecule has 1 amide bonds. The molecule has 2 saturated carbocycles. The van der Waals surface area contributed by atoms with Gasteiger partial charge in [-0.15, -0.1) is 0 Å². The van der Waals surface area contributed by atoms with Gasteiger partial charge in [0.25, 0.3) is 5.56 Å². The molecule has 2 aromatic heterocycles. The molecule has 3 fully saturated rings. The predicted molar refractivity (Wildman–Crippen MR) is 113 cm³/mol. The predicted octanol–water partition coefficient (Wildman–Crippen LogP) is 2.44. The summed E-state index contributed by atoms with van der Waals surface area (Å²) in [7, 11) is 0. The van der Waals surface area contributed by atoms with E-state index < -0.39 is 0 Å². The van der Waals surface area contributed by atoms with Crippen LogP contribution in [0.15, 0.2) is 10.9 Å². The zero-order valence-electron chi connectivity index (χ0n) is 17.6. The molecule has 2 aliphatic heterocycles. The minimum Gasteiger partial charge on any atom is -0.342 e. The Hall–Kier alpha value is -2.15. The van der Waals surface area contributed by atoms with Gasteiger partial charge in [-0.3, -0.25) is 19.6 Å². The molecule has 0 aromatic carbocycles. The standard InChI is InChI=1S/C23H31N5O2/c29-22(15-7-8-15)27-10-3-4-16(13-27)20-12-21-24-19-9-11-26(17-5-1-2-6-17)14-18(19)23(30)28(21)25-20/h12,15-17,25H,1-11,13-14H2/t16-/m0/s1. The van der Waals surface area contributed by atoms with E-state index in [1.165, 1.54) is 25.7 Å². The number of nitrogens with one attached hydrogen (secondary N) is 1. The first-order chi connectivity index (χ1) is 14.7. The second kappa shape index (κ2) is 7.22. The molecule has 2 aliphatic carbocycles. The number of carbonyl (C=O) groups excluding carboxylic acids is 1. The van der Waals surface area contributed by atoms with Gasteiger partial charge in [-0.2, -0.15) is 0 Å². The Labute approximate surface area is 176 Å². The number of amides is 1. The Kier molecular flexibility index (Phi) is 4.48. The molecule has 4 aliphatic rings. The topological polar surface area (TPSA) is 73.7 Å². The van der Waals surface area contributed by atoms with E-state index in [4.69, 9.17) is 4.98 Å². The summed E-state index contributed by atoms with van der Waals surface area (Å²) in [5, 5.41) is 3.36. The minimum absolute atomic E-state index is 0.0608. The molecule has 0 unspecified atom stereocenters. The summed E-state index contributed by atoms with van der Waals surface area (Å²) >= 11 is 0. The lowest BCUT2D eigenvalue weighted by Crippen LogP contribution is -2.41. The number of aromatic amines is 1. The highest BCUT2D eigenvalue weighted by atomic mass is 16.2. The first-order valence-corrected chi connectivity index (χ1v) is 11.8. The Morgan fingerprint density at radius 3 is 2.70 bits per heavy atom. The lowest BCUT2D eigenvalue weighted by atomic mass is 9.94. The molecule has 6 rings (SSSR count). The summed E-state index contributed by atoms with van der Waals surface area (Å²) < 4.78 is 1.65. The molecule has 7 nitrogen and oxygen atoms in total. The number of piperidine rings is 1. The highest BCUT2D eigenvalue weighted by molar-refractivity contribution is 5.81. The van der Waals surface area contributed by atoms with Crippen LogP contribution in [0.2, 0.25) is 0 Å². The quantitative estimate of drug-likeness (QED) is 0.845. The molecule has 1 saturated heterocycles. The van der Waals surface area contributed by atoms with Crippen molar-refractivity contribution in [3.63, 3.8) is 0 Å². The van der Waals surface area contributed by atoms with Gasteiger partial charge in [-0.05, 0) is 38.5 Å². The van der Waals surface area contributed by atoms with Gasteiger partial charge >= 0.3 is 0 Å². The summed E-state index contributed by atoms with van der Waals surface area (Å²) in [6.07, 6.45) is 10.2. The van der Waals surface area contributed by atoms with E-state index in [9.17, 15) is 9.59 Å². The zero-order valence-corrected chi connectivity index (χ0v) is 17.6. The number of fused-ring (bicyclic) bond motifs is 2. The fourth-order valence-corrected chi connectivity index (χ4v) is 5.83. The van der Waals surface area contributed by atoms with E-state index in [2.05, 4.69) is 10.00 Å². The maximum Gasteiger partial charge on any atom is 0.277 e. The van der Waals surface area contributed by atoms with Gasteiger partial charge in [-0.25, -0.2) is 9.50 Å². The van der Waals surface area contributed by atoms with Gasteiger partial charge < -0.3 is 4.90 Å². The number of hydrogen-bond acceptors (Lipinski definition) is 4. The van der Waals surface area contributed by atoms with Crippen LogP contribution in [0.3, 0.4) is 0 Å². The largest absolute Gasteiger partial charge is 0.342 e. The van der Waals surface area contributed by atoms with Crippen molar-refractivity contribution in [2.45, 2.75) is 76.3 Å². The van der Waals surface area contributed by atoms with Crippen molar-refractivity contribution >= 4 is 11.6 Å². The molecule has 0 radical (unpaired) electrons. The van der Waals surface area contributed by atoms with E-state index in [1.54, 1.807) is 4.52 Å². The number of hydrogen-bond donors (Lipinski definition) is 1. The molecule has 30 heavy (non-hydrogen) atoms. The number of nitrogens with zero attached hydrogens (tertiary/aromatic N) is 4. The molecule has 0 spiro atoms. The fraction of sp³-hybridized carbons (Fsp3) is 0.696. The maximum atomic E-state index is 13.3. The van der Waals surface area contributed by atoms with Gasteiger partial charge in [0.2, 0.25) is 5.91 Å². The maximum absolute atomic E-state index is 13.3. The summed E-state index contributed by atoms with van der Waals surface area (Å²) in [6, 6.07) is 2.68. The van der Waals surface area contributed by atoms with Crippen LogP contribution in [0.25, 0.3) is 5.65 Å². The molecular formula is C23H31N5O2. The van der Waals surface area contributed by atoms with Crippen molar-refractivity contribution in [1.29, 1.82) is 0 Å². The van der Waals surface area contributed by atoms with Gasteiger partial charge in [0, 0.05) is 62.2 Å². The Balaban J connectivity index is 1.28. The van der Waals surface area contributed by atoms with E-state index in [0.29, 0.717) is 11.9 Å². The highest BCUT2D eigenvalue weighted by Gasteiger charge is 2.36. The van der Waals surface area contributed by atoms with Crippen LogP contribution in [0.1, 0.15) is 74.2 Å². The minimum atomic E-state index is 0.0608. The molecule has 160 valence electrons. The first kappa shape index (κ1) is 18.6. The van der Waals surface area contributed by atoms with Crippen molar-refractivity contribution in [2.24, 2.45) is 5.92 Å². The normalized spacial score (nSPS) is 25.7. The second-order valence-corrected chi connectivity index (χ2v) is 9.80. The molecule has 4 heterocycles. The Morgan fingerprint density at radius 2 is 1.90 bits per heavy atom. The zero-order chi connectivity index (χ0) is 20.2. The van der Waals surface area contributed by atoms with Crippen molar-refractivity contribution in [1.82, 2.24) is 24.4 Å². The first-order valence-electron chi connectivity index (χ1n) is 11.8.